The molecule has 136 valence electrons. The molecule has 0 aliphatic rings. The van der Waals surface area contributed by atoms with Gasteiger partial charge >= 0.3 is 0 Å². The molecule has 0 radical (unpaired) electrons. The molecule has 0 spiro atoms. The Morgan fingerprint density at radius 1 is 1.23 bits per heavy atom. The number of thioether (sulfide) groups is 1. The topological polar surface area (TPSA) is 89.0 Å². The van der Waals surface area contributed by atoms with Crippen LogP contribution in [0.3, 0.4) is 0 Å². The molecule has 6 nitrogen and oxygen atoms in total. The number of carbonyl (C=O) groups is 1. The lowest BCUT2D eigenvalue weighted by Gasteiger charge is -2.08. The van der Waals surface area contributed by atoms with Crippen LogP contribution >= 0.6 is 46.0 Å². The van der Waals surface area contributed by atoms with Crippen LogP contribution in [0.4, 0.5) is 5.69 Å². The Balaban J connectivity index is 1.73. The van der Waals surface area contributed by atoms with E-state index in [0.29, 0.717) is 9.36 Å². The largest absolute Gasteiger partial charge is 0.323 e. The molecule has 2 aromatic heterocycles. The molecule has 2 heterocycles. The van der Waals surface area contributed by atoms with Crippen molar-refractivity contribution < 1.29 is 13.2 Å². The Hall–Kier alpha value is -1.46. The lowest BCUT2D eigenvalue weighted by molar-refractivity contribution is -0.113. The highest BCUT2D eigenvalue weighted by Gasteiger charge is 2.23. The molecule has 0 aliphatic carbocycles. The van der Waals surface area contributed by atoms with Crippen molar-refractivity contribution in [1.29, 1.82) is 0 Å². The van der Waals surface area contributed by atoms with Gasteiger partial charge in [-0.2, -0.15) is 0 Å². The van der Waals surface area contributed by atoms with E-state index in [1.807, 2.05) is 6.92 Å². The Labute approximate surface area is 167 Å². The molecule has 0 atom stereocenters. The normalized spacial score (nSPS) is 11.5. The summed E-state index contributed by atoms with van der Waals surface area (Å²) in [4.78, 5) is 12.4. The van der Waals surface area contributed by atoms with Crippen molar-refractivity contribution in [3.8, 4) is 0 Å². The Kier molecular flexibility index (Phi) is 5.98. The van der Waals surface area contributed by atoms with Crippen molar-refractivity contribution in [3.63, 3.8) is 0 Å². The lowest BCUT2D eigenvalue weighted by atomic mass is 10.4. The molecule has 0 fully saturated rings. The second-order valence-electron chi connectivity index (χ2n) is 5.03. The van der Waals surface area contributed by atoms with E-state index >= 15 is 0 Å². The number of aromatic nitrogens is 2. The van der Waals surface area contributed by atoms with Crippen LogP contribution in [0.2, 0.25) is 5.02 Å². The van der Waals surface area contributed by atoms with Crippen LogP contribution in [-0.4, -0.2) is 30.3 Å². The number of hydrogen-bond donors (Lipinski definition) is 1. The summed E-state index contributed by atoms with van der Waals surface area (Å²) in [5.74, 6) is -0.195. The van der Waals surface area contributed by atoms with Crippen molar-refractivity contribution >= 4 is 67.5 Å². The number of amides is 1. The Morgan fingerprint density at radius 2 is 1.96 bits per heavy atom. The van der Waals surface area contributed by atoms with Gasteiger partial charge in [0.05, 0.1) is 16.3 Å². The van der Waals surface area contributed by atoms with Crippen LogP contribution in [0.15, 0.2) is 49.2 Å². The highest BCUT2D eigenvalue weighted by molar-refractivity contribution is 8.01. The van der Waals surface area contributed by atoms with Crippen LogP contribution in [0, 0.1) is 6.92 Å². The lowest BCUT2D eigenvalue weighted by Crippen LogP contribution is -2.15. The SMILES string of the molecule is Cc1nnc(SCC(=O)Nc2cscc2S(=O)(=O)c2ccc(Cl)cc2)s1. The van der Waals surface area contributed by atoms with Gasteiger partial charge in [0.15, 0.2) is 4.34 Å². The maximum Gasteiger partial charge on any atom is 0.234 e. The summed E-state index contributed by atoms with van der Waals surface area (Å²) in [5, 5.41) is 14.8. The Bertz CT molecular complexity index is 1030. The minimum atomic E-state index is -3.74. The molecule has 1 amide bonds. The third kappa shape index (κ3) is 4.44. The standard InChI is InChI=1S/C15H12ClN3O3S4/c1-9-18-19-15(25-9)24-8-14(20)17-12-6-23-7-13(12)26(21,22)11-4-2-10(16)3-5-11/h2-7H,8H2,1H3,(H,17,20). The second-order valence-corrected chi connectivity index (χ2v) is 10.5. The predicted octanol–water partition coefficient (Wildman–Crippen LogP) is 4.13. The highest BCUT2D eigenvalue weighted by Crippen LogP contribution is 2.32. The number of thiophene rings is 1. The van der Waals surface area contributed by atoms with Gasteiger partial charge in [-0.25, -0.2) is 8.42 Å². The number of nitrogens with one attached hydrogen (secondary N) is 1. The van der Waals surface area contributed by atoms with Crippen LogP contribution < -0.4 is 5.32 Å². The molecule has 0 saturated heterocycles. The minimum Gasteiger partial charge on any atom is -0.323 e. The molecule has 1 N–H and O–H groups in total. The number of halogens is 1. The quantitative estimate of drug-likeness (QED) is 0.574. The number of benzene rings is 1. The number of sulfone groups is 1. The van der Waals surface area contributed by atoms with Crippen molar-refractivity contribution in [2.75, 3.05) is 11.1 Å². The van der Waals surface area contributed by atoms with Gasteiger partial charge in [0, 0.05) is 15.8 Å². The summed E-state index contributed by atoms with van der Waals surface area (Å²) in [6, 6.07) is 5.91. The third-order valence-corrected chi connectivity index (χ3v) is 8.07. The first-order valence-corrected chi connectivity index (χ1v) is 11.8. The molecule has 0 unspecified atom stereocenters. The van der Waals surface area contributed by atoms with Gasteiger partial charge in [0.1, 0.15) is 9.90 Å². The van der Waals surface area contributed by atoms with Gasteiger partial charge in [0.2, 0.25) is 15.7 Å². The molecule has 0 aliphatic heterocycles. The van der Waals surface area contributed by atoms with E-state index in [1.165, 1.54) is 64.1 Å². The monoisotopic (exact) mass is 445 g/mol. The van der Waals surface area contributed by atoms with Crippen LogP contribution in [0.25, 0.3) is 0 Å². The molecular formula is C15H12ClN3O3S4. The number of nitrogens with zero attached hydrogens (tertiary/aromatic N) is 2. The summed E-state index contributed by atoms with van der Waals surface area (Å²) >= 11 is 9.67. The van der Waals surface area contributed by atoms with Crippen molar-refractivity contribution in [3.05, 3.63) is 45.1 Å². The molecular weight excluding hydrogens is 434 g/mol. The van der Waals surface area contributed by atoms with Gasteiger partial charge in [-0.3, -0.25) is 4.79 Å². The maximum atomic E-state index is 12.8. The fourth-order valence-corrected chi connectivity index (χ4v) is 6.25. The first-order valence-electron chi connectivity index (χ1n) is 7.16. The van der Waals surface area contributed by atoms with Crippen LogP contribution in [0.5, 0.6) is 0 Å². The highest BCUT2D eigenvalue weighted by atomic mass is 35.5. The van der Waals surface area contributed by atoms with Crippen molar-refractivity contribution in [1.82, 2.24) is 10.2 Å². The summed E-state index contributed by atoms with van der Waals surface area (Å²) < 4.78 is 26.3. The van der Waals surface area contributed by atoms with E-state index in [-0.39, 0.29) is 27.1 Å². The van der Waals surface area contributed by atoms with Crippen LogP contribution in [-0.2, 0) is 14.6 Å². The Morgan fingerprint density at radius 3 is 2.62 bits per heavy atom. The average Bonchev–Trinajstić information content (AvgIpc) is 3.22. The van der Waals surface area contributed by atoms with E-state index in [0.717, 1.165) is 5.01 Å². The average molecular weight is 446 g/mol. The van der Waals surface area contributed by atoms with Gasteiger partial charge in [-0.1, -0.05) is 34.7 Å². The predicted molar refractivity (Wildman–Crippen MR) is 105 cm³/mol. The molecule has 3 rings (SSSR count). The number of hydrogen-bond acceptors (Lipinski definition) is 8. The van der Waals surface area contributed by atoms with E-state index in [1.54, 1.807) is 5.38 Å². The van der Waals surface area contributed by atoms with E-state index in [4.69, 9.17) is 11.6 Å². The zero-order chi connectivity index (χ0) is 18.7. The zero-order valence-electron chi connectivity index (χ0n) is 13.3. The molecule has 0 bridgehead atoms. The molecule has 26 heavy (non-hydrogen) atoms. The van der Waals surface area contributed by atoms with Gasteiger partial charge in [-0.05, 0) is 31.2 Å². The number of carbonyl (C=O) groups excluding carboxylic acids is 1. The molecule has 0 saturated carbocycles. The van der Waals surface area contributed by atoms with Gasteiger partial charge in [-0.15, -0.1) is 21.5 Å². The number of anilines is 1. The fraction of sp³-hybridized carbons (Fsp3) is 0.133. The zero-order valence-corrected chi connectivity index (χ0v) is 17.3. The fourth-order valence-electron chi connectivity index (χ4n) is 1.98. The summed E-state index contributed by atoms with van der Waals surface area (Å²) in [7, 11) is -3.74. The van der Waals surface area contributed by atoms with Crippen LogP contribution in [0.1, 0.15) is 5.01 Å². The number of aryl methyl sites for hydroxylation is 1. The summed E-state index contributed by atoms with van der Waals surface area (Å²) in [6.07, 6.45) is 0. The number of rotatable bonds is 6. The molecule has 11 heteroatoms. The third-order valence-electron chi connectivity index (χ3n) is 3.15. The van der Waals surface area contributed by atoms with E-state index in [9.17, 15) is 13.2 Å². The summed E-state index contributed by atoms with van der Waals surface area (Å²) in [5.41, 5.74) is 0.268. The van der Waals surface area contributed by atoms with Gasteiger partial charge in [0.25, 0.3) is 0 Å². The van der Waals surface area contributed by atoms with Crippen molar-refractivity contribution in [2.24, 2.45) is 0 Å². The van der Waals surface area contributed by atoms with Gasteiger partial charge < -0.3 is 5.32 Å². The molecule has 3 aromatic rings. The second kappa shape index (κ2) is 8.05. The van der Waals surface area contributed by atoms with E-state index < -0.39 is 9.84 Å². The first-order chi connectivity index (χ1) is 12.4. The summed E-state index contributed by atoms with van der Waals surface area (Å²) in [6.45, 7) is 1.83. The van der Waals surface area contributed by atoms with Crippen molar-refractivity contribution in [2.45, 2.75) is 21.1 Å². The molecule has 1 aromatic carbocycles. The first kappa shape index (κ1) is 19.3. The smallest absolute Gasteiger partial charge is 0.234 e. The van der Waals surface area contributed by atoms with E-state index in [2.05, 4.69) is 15.5 Å². The maximum absolute atomic E-state index is 12.8. The minimum absolute atomic E-state index is 0.0648.